The molecule has 1 rings (SSSR count). The van der Waals surface area contributed by atoms with E-state index in [0.717, 1.165) is 4.35 Å². The van der Waals surface area contributed by atoms with Gasteiger partial charge < -0.3 is 0 Å². The quantitative estimate of drug-likeness (QED) is 0.553. The standard InChI is InChI=1S/C6H5AsClNO/c8-5-2-1-4(7-10)3-6(5)9/h1-3H,9H2. The molecule has 4 heteroatoms. The van der Waals surface area contributed by atoms with Gasteiger partial charge in [-0.05, 0) is 0 Å². The molecule has 0 radical (unpaired) electrons. The van der Waals surface area contributed by atoms with E-state index in [1.165, 1.54) is 0 Å². The van der Waals surface area contributed by atoms with Crippen LogP contribution in [0.4, 0.5) is 5.69 Å². The van der Waals surface area contributed by atoms with Gasteiger partial charge in [0.1, 0.15) is 0 Å². The van der Waals surface area contributed by atoms with Crippen LogP contribution in [0.1, 0.15) is 0 Å². The Morgan fingerprint density at radius 1 is 1.50 bits per heavy atom. The Labute approximate surface area is 70.3 Å². The van der Waals surface area contributed by atoms with Crippen LogP contribution >= 0.6 is 11.6 Å². The normalized spacial score (nSPS) is 10.1. The second-order valence-corrected chi connectivity index (χ2v) is 3.67. The maximum absolute atomic E-state index is 10.4. The summed E-state index contributed by atoms with van der Waals surface area (Å²) in [4.78, 5) is 0. The number of nitrogen functional groups attached to an aromatic ring is 1. The molecular formula is C6H5AsClNO. The Balaban J connectivity index is 3.16. The van der Waals surface area contributed by atoms with E-state index in [0.29, 0.717) is 10.7 Å². The molecular weight excluding hydrogens is 212 g/mol. The summed E-state index contributed by atoms with van der Waals surface area (Å²) in [6, 6.07) is 5.00. The molecule has 0 spiro atoms. The molecule has 1 aromatic carbocycles. The van der Waals surface area contributed by atoms with E-state index < -0.39 is 15.7 Å². The van der Waals surface area contributed by atoms with Crippen LogP contribution in [0.3, 0.4) is 0 Å². The molecule has 2 nitrogen and oxygen atoms in total. The summed E-state index contributed by atoms with van der Waals surface area (Å²) in [6.07, 6.45) is 0. The number of halogens is 1. The number of benzene rings is 1. The Morgan fingerprint density at radius 3 is 2.70 bits per heavy atom. The van der Waals surface area contributed by atoms with Gasteiger partial charge in [0.25, 0.3) is 0 Å². The van der Waals surface area contributed by atoms with Crippen molar-refractivity contribution in [3.63, 3.8) is 0 Å². The van der Waals surface area contributed by atoms with Gasteiger partial charge in [0, 0.05) is 0 Å². The Morgan fingerprint density at radius 2 is 2.20 bits per heavy atom. The van der Waals surface area contributed by atoms with Gasteiger partial charge in [0.05, 0.1) is 0 Å². The second kappa shape index (κ2) is 3.18. The first-order chi connectivity index (χ1) is 4.74. The van der Waals surface area contributed by atoms with E-state index in [4.69, 9.17) is 17.3 Å². The molecule has 0 aliphatic rings. The van der Waals surface area contributed by atoms with Crippen molar-refractivity contribution in [2.45, 2.75) is 0 Å². The summed E-state index contributed by atoms with van der Waals surface area (Å²) in [7, 11) is 0. The van der Waals surface area contributed by atoms with Gasteiger partial charge in [-0.15, -0.1) is 0 Å². The fourth-order valence-electron chi connectivity index (χ4n) is 0.588. The van der Waals surface area contributed by atoms with E-state index in [9.17, 15) is 3.74 Å². The molecule has 0 heterocycles. The topological polar surface area (TPSA) is 43.1 Å². The Bertz CT molecular complexity index is 264. The van der Waals surface area contributed by atoms with Gasteiger partial charge >= 0.3 is 70.0 Å². The van der Waals surface area contributed by atoms with Crippen LogP contribution < -0.4 is 10.1 Å². The number of hydrogen-bond acceptors (Lipinski definition) is 2. The summed E-state index contributed by atoms with van der Waals surface area (Å²) in [5.74, 6) is 0. The SMILES string of the molecule is Nc1cc([As]=O)ccc1Cl. The van der Waals surface area contributed by atoms with Crippen molar-refractivity contribution >= 4 is 37.3 Å². The minimum absolute atomic E-state index is 0.491. The van der Waals surface area contributed by atoms with E-state index in [2.05, 4.69) is 0 Å². The van der Waals surface area contributed by atoms with Gasteiger partial charge in [-0.25, -0.2) is 0 Å². The van der Waals surface area contributed by atoms with Crippen LogP contribution in [0.15, 0.2) is 18.2 Å². The second-order valence-electron chi connectivity index (χ2n) is 1.80. The molecule has 0 unspecified atom stereocenters. The van der Waals surface area contributed by atoms with E-state index in [1.54, 1.807) is 18.2 Å². The first-order valence-corrected chi connectivity index (χ1v) is 4.70. The third kappa shape index (κ3) is 1.58. The summed E-state index contributed by atoms with van der Waals surface area (Å²) in [5.41, 5.74) is 5.93. The fourth-order valence-corrected chi connectivity index (χ4v) is 1.39. The molecule has 0 aliphatic carbocycles. The van der Waals surface area contributed by atoms with Gasteiger partial charge in [-0.1, -0.05) is 0 Å². The predicted molar refractivity (Wildman–Crippen MR) is 41.9 cm³/mol. The molecule has 0 aromatic heterocycles. The Hall–Kier alpha value is -0.332. The number of anilines is 1. The average molecular weight is 217 g/mol. The van der Waals surface area contributed by atoms with Crippen molar-refractivity contribution < 1.29 is 3.74 Å². The monoisotopic (exact) mass is 217 g/mol. The zero-order valence-corrected chi connectivity index (χ0v) is 7.68. The summed E-state index contributed by atoms with van der Waals surface area (Å²) in [6.45, 7) is 0. The maximum atomic E-state index is 10.4. The molecule has 0 aliphatic heterocycles. The third-order valence-corrected chi connectivity index (χ3v) is 2.46. The molecule has 52 valence electrons. The van der Waals surface area contributed by atoms with Crippen LogP contribution in [-0.4, -0.2) is 15.7 Å². The zero-order chi connectivity index (χ0) is 7.56. The van der Waals surface area contributed by atoms with Crippen molar-refractivity contribution in [1.29, 1.82) is 0 Å². The molecule has 0 saturated carbocycles. The summed E-state index contributed by atoms with van der Waals surface area (Å²) < 4.78 is 11.2. The summed E-state index contributed by atoms with van der Waals surface area (Å²) in [5, 5.41) is 0.512. The number of rotatable bonds is 1. The average Bonchev–Trinajstić information content (AvgIpc) is 1.95. The molecule has 0 atom stereocenters. The first kappa shape index (κ1) is 7.77. The van der Waals surface area contributed by atoms with Crippen LogP contribution in [0, 0.1) is 0 Å². The Kier molecular flexibility index (Phi) is 2.47. The predicted octanol–water partition coefficient (Wildman–Crippen LogP) is 0.597. The molecule has 0 saturated heterocycles. The molecule has 1 aromatic rings. The summed E-state index contributed by atoms with van der Waals surface area (Å²) >= 11 is 4.64. The van der Waals surface area contributed by atoms with Crippen LogP contribution in [-0.2, 0) is 3.74 Å². The number of nitrogens with two attached hydrogens (primary N) is 1. The van der Waals surface area contributed by atoms with Crippen LogP contribution in [0.5, 0.6) is 0 Å². The fraction of sp³-hybridized carbons (Fsp3) is 0. The van der Waals surface area contributed by atoms with Crippen molar-refractivity contribution in [3.05, 3.63) is 23.2 Å². The first-order valence-electron chi connectivity index (χ1n) is 2.62. The van der Waals surface area contributed by atoms with Crippen molar-refractivity contribution in [3.8, 4) is 0 Å². The van der Waals surface area contributed by atoms with Gasteiger partial charge in [-0.3, -0.25) is 0 Å². The van der Waals surface area contributed by atoms with Crippen LogP contribution in [0.2, 0.25) is 5.02 Å². The molecule has 0 amide bonds. The van der Waals surface area contributed by atoms with E-state index in [1.807, 2.05) is 0 Å². The van der Waals surface area contributed by atoms with Gasteiger partial charge in [0.15, 0.2) is 0 Å². The minimum atomic E-state index is -0.982. The molecule has 2 N–H and O–H groups in total. The van der Waals surface area contributed by atoms with Gasteiger partial charge in [-0.2, -0.15) is 0 Å². The van der Waals surface area contributed by atoms with Crippen molar-refractivity contribution in [2.75, 3.05) is 5.73 Å². The molecule has 0 bridgehead atoms. The van der Waals surface area contributed by atoms with Crippen LogP contribution in [0.25, 0.3) is 0 Å². The zero-order valence-electron chi connectivity index (χ0n) is 5.04. The molecule has 0 fully saturated rings. The van der Waals surface area contributed by atoms with E-state index >= 15 is 0 Å². The number of hydrogen-bond donors (Lipinski definition) is 1. The van der Waals surface area contributed by atoms with Crippen molar-refractivity contribution in [1.82, 2.24) is 0 Å². The van der Waals surface area contributed by atoms with E-state index in [-0.39, 0.29) is 0 Å². The third-order valence-electron chi connectivity index (χ3n) is 1.08. The molecule has 10 heavy (non-hydrogen) atoms. The van der Waals surface area contributed by atoms with Gasteiger partial charge in [0.2, 0.25) is 0 Å². The van der Waals surface area contributed by atoms with Crippen molar-refractivity contribution in [2.24, 2.45) is 0 Å².